The predicted octanol–water partition coefficient (Wildman–Crippen LogP) is 3.16. The molecular weight excluding hydrogens is 210 g/mol. The fourth-order valence-corrected chi connectivity index (χ4v) is 1.70. The van der Waals surface area contributed by atoms with E-state index in [-0.39, 0.29) is 0 Å². The van der Waals surface area contributed by atoms with Gasteiger partial charge in [-0.3, -0.25) is 0 Å². The van der Waals surface area contributed by atoms with Gasteiger partial charge in [0.05, 0.1) is 5.69 Å². The molecular formula is C14H17N3. The third-order valence-corrected chi connectivity index (χ3v) is 2.57. The molecule has 2 aromatic rings. The molecule has 17 heavy (non-hydrogen) atoms. The summed E-state index contributed by atoms with van der Waals surface area (Å²) in [5.74, 6) is 1.21. The van der Waals surface area contributed by atoms with E-state index in [1.165, 1.54) is 0 Å². The number of nitrogens with two attached hydrogens (primary N) is 1. The minimum absolute atomic E-state index is 0.328. The molecule has 0 spiro atoms. The Labute approximate surface area is 102 Å². The molecule has 0 radical (unpaired) electrons. The van der Waals surface area contributed by atoms with E-state index in [9.17, 15) is 0 Å². The van der Waals surface area contributed by atoms with E-state index >= 15 is 0 Å². The zero-order valence-corrected chi connectivity index (χ0v) is 10.4. The Balaban J connectivity index is 2.52. The van der Waals surface area contributed by atoms with Gasteiger partial charge < -0.3 is 5.73 Å². The van der Waals surface area contributed by atoms with Crippen molar-refractivity contribution < 1.29 is 0 Å². The van der Waals surface area contributed by atoms with Gasteiger partial charge in [-0.25, -0.2) is 9.97 Å². The minimum atomic E-state index is 0.328. The lowest BCUT2D eigenvalue weighted by Crippen LogP contribution is -2.01. The van der Waals surface area contributed by atoms with Crippen molar-refractivity contribution in [1.82, 2.24) is 9.97 Å². The van der Waals surface area contributed by atoms with Crippen LogP contribution in [0.2, 0.25) is 0 Å². The van der Waals surface area contributed by atoms with Gasteiger partial charge in [-0.15, -0.1) is 0 Å². The summed E-state index contributed by atoms with van der Waals surface area (Å²) in [6.45, 7) is 6.18. The third kappa shape index (κ3) is 2.61. The van der Waals surface area contributed by atoms with Crippen molar-refractivity contribution in [2.24, 2.45) is 0 Å². The molecule has 2 N–H and O–H groups in total. The van der Waals surface area contributed by atoms with Gasteiger partial charge in [0.25, 0.3) is 0 Å². The third-order valence-electron chi connectivity index (χ3n) is 2.57. The Kier molecular flexibility index (Phi) is 3.09. The fourth-order valence-electron chi connectivity index (χ4n) is 1.70. The minimum Gasteiger partial charge on any atom is -0.399 e. The SMILES string of the molecule is Cc1cc(-c2cccc(N)c2)nc(C(C)C)n1. The molecule has 0 amide bonds. The van der Waals surface area contributed by atoms with Crippen LogP contribution in [0, 0.1) is 6.92 Å². The second kappa shape index (κ2) is 4.53. The topological polar surface area (TPSA) is 51.8 Å². The summed E-state index contributed by atoms with van der Waals surface area (Å²) in [6, 6.07) is 9.76. The average molecular weight is 227 g/mol. The van der Waals surface area contributed by atoms with Crippen molar-refractivity contribution in [1.29, 1.82) is 0 Å². The van der Waals surface area contributed by atoms with Gasteiger partial charge in [0.1, 0.15) is 5.82 Å². The highest BCUT2D eigenvalue weighted by molar-refractivity contribution is 5.64. The predicted molar refractivity (Wildman–Crippen MR) is 70.7 cm³/mol. The highest BCUT2D eigenvalue weighted by atomic mass is 14.9. The van der Waals surface area contributed by atoms with Gasteiger partial charge in [-0.05, 0) is 25.1 Å². The van der Waals surface area contributed by atoms with Crippen LogP contribution >= 0.6 is 0 Å². The number of hydrogen-bond acceptors (Lipinski definition) is 3. The maximum Gasteiger partial charge on any atom is 0.131 e. The molecule has 3 nitrogen and oxygen atoms in total. The van der Waals surface area contributed by atoms with Crippen LogP contribution in [0.5, 0.6) is 0 Å². The zero-order valence-electron chi connectivity index (χ0n) is 10.4. The number of nitrogens with zero attached hydrogens (tertiary/aromatic N) is 2. The second-order valence-corrected chi connectivity index (χ2v) is 4.53. The van der Waals surface area contributed by atoms with Crippen LogP contribution in [0.3, 0.4) is 0 Å². The number of benzene rings is 1. The maximum atomic E-state index is 5.79. The van der Waals surface area contributed by atoms with Gasteiger partial charge >= 0.3 is 0 Å². The van der Waals surface area contributed by atoms with Crippen LogP contribution < -0.4 is 5.73 Å². The number of aromatic nitrogens is 2. The Bertz CT molecular complexity index is 533. The first kappa shape index (κ1) is 11.6. The van der Waals surface area contributed by atoms with Crippen LogP contribution in [0.4, 0.5) is 5.69 Å². The van der Waals surface area contributed by atoms with Gasteiger partial charge in [-0.1, -0.05) is 26.0 Å². The van der Waals surface area contributed by atoms with Crippen molar-refractivity contribution in [3.63, 3.8) is 0 Å². The van der Waals surface area contributed by atoms with E-state index in [2.05, 4.69) is 23.8 Å². The van der Waals surface area contributed by atoms with Crippen LogP contribution in [-0.4, -0.2) is 9.97 Å². The Morgan fingerprint density at radius 2 is 1.88 bits per heavy atom. The first-order valence-electron chi connectivity index (χ1n) is 5.78. The Morgan fingerprint density at radius 3 is 2.53 bits per heavy atom. The van der Waals surface area contributed by atoms with Crippen LogP contribution in [-0.2, 0) is 0 Å². The Hall–Kier alpha value is -1.90. The fraction of sp³-hybridized carbons (Fsp3) is 0.286. The van der Waals surface area contributed by atoms with Crippen molar-refractivity contribution in [2.75, 3.05) is 5.73 Å². The van der Waals surface area contributed by atoms with Gasteiger partial charge in [0, 0.05) is 22.9 Å². The molecule has 0 aliphatic heterocycles. The summed E-state index contributed by atoms with van der Waals surface area (Å²) < 4.78 is 0. The monoisotopic (exact) mass is 227 g/mol. The first-order valence-corrected chi connectivity index (χ1v) is 5.78. The normalized spacial score (nSPS) is 10.8. The number of rotatable bonds is 2. The van der Waals surface area contributed by atoms with Crippen LogP contribution in [0.25, 0.3) is 11.3 Å². The number of aryl methyl sites for hydroxylation is 1. The number of hydrogen-bond donors (Lipinski definition) is 1. The summed E-state index contributed by atoms with van der Waals surface area (Å²) in [4.78, 5) is 9.02. The highest BCUT2D eigenvalue weighted by Gasteiger charge is 2.07. The van der Waals surface area contributed by atoms with Crippen molar-refractivity contribution in [3.8, 4) is 11.3 Å². The molecule has 0 saturated heterocycles. The summed E-state index contributed by atoms with van der Waals surface area (Å²) in [5, 5.41) is 0. The van der Waals surface area contributed by atoms with E-state index in [1.54, 1.807) is 0 Å². The van der Waals surface area contributed by atoms with Crippen LogP contribution in [0.15, 0.2) is 30.3 Å². The number of nitrogen functional groups attached to an aromatic ring is 1. The summed E-state index contributed by atoms with van der Waals surface area (Å²) in [7, 11) is 0. The summed E-state index contributed by atoms with van der Waals surface area (Å²) in [5.41, 5.74) is 9.51. The molecule has 0 aliphatic carbocycles. The molecule has 0 aliphatic rings. The molecule has 0 unspecified atom stereocenters. The molecule has 1 heterocycles. The van der Waals surface area contributed by atoms with Crippen molar-refractivity contribution >= 4 is 5.69 Å². The van der Waals surface area contributed by atoms with E-state index in [0.29, 0.717) is 5.92 Å². The average Bonchev–Trinajstić information content (AvgIpc) is 2.28. The Morgan fingerprint density at radius 1 is 1.12 bits per heavy atom. The molecule has 0 atom stereocenters. The molecule has 3 heteroatoms. The van der Waals surface area contributed by atoms with E-state index < -0.39 is 0 Å². The quantitative estimate of drug-likeness (QED) is 0.802. The standard InChI is InChI=1S/C14H17N3/c1-9(2)14-16-10(3)7-13(17-14)11-5-4-6-12(15)8-11/h4-9H,15H2,1-3H3. The van der Waals surface area contributed by atoms with Gasteiger partial charge in [0.2, 0.25) is 0 Å². The molecule has 1 aromatic carbocycles. The van der Waals surface area contributed by atoms with E-state index in [4.69, 9.17) is 5.73 Å². The summed E-state index contributed by atoms with van der Waals surface area (Å²) >= 11 is 0. The molecule has 0 fully saturated rings. The van der Waals surface area contributed by atoms with Gasteiger partial charge in [-0.2, -0.15) is 0 Å². The van der Waals surface area contributed by atoms with E-state index in [0.717, 1.165) is 28.5 Å². The molecule has 0 bridgehead atoms. The lowest BCUT2D eigenvalue weighted by molar-refractivity contribution is 0.768. The largest absolute Gasteiger partial charge is 0.399 e. The smallest absolute Gasteiger partial charge is 0.131 e. The van der Waals surface area contributed by atoms with Crippen molar-refractivity contribution in [2.45, 2.75) is 26.7 Å². The summed E-state index contributed by atoms with van der Waals surface area (Å²) in [6.07, 6.45) is 0. The molecule has 0 saturated carbocycles. The lowest BCUT2D eigenvalue weighted by atomic mass is 10.1. The maximum absolute atomic E-state index is 5.79. The zero-order chi connectivity index (χ0) is 12.4. The van der Waals surface area contributed by atoms with Gasteiger partial charge in [0.15, 0.2) is 0 Å². The van der Waals surface area contributed by atoms with Crippen molar-refractivity contribution in [3.05, 3.63) is 41.9 Å². The second-order valence-electron chi connectivity index (χ2n) is 4.53. The molecule has 1 aromatic heterocycles. The number of anilines is 1. The van der Waals surface area contributed by atoms with Crippen LogP contribution in [0.1, 0.15) is 31.3 Å². The highest BCUT2D eigenvalue weighted by Crippen LogP contribution is 2.21. The van der Waals surface area contributed by atoms with E-state index in [1.807, 2.05) is 37.3 Å². The molecule has 88 valence electrons. The first-order chi connectivity index (χ1) is 8.06. The molecule has 2 rings (SSSR count). The lowest BCUT2D eigenvalue weighted by Gasteiger charge is -2.08.